The van der Waals surface area contributed by atoms with Crippen LogP contribution in [0.15, 0.2) is 46.9 Å². The van der Waals surface area contributed by atoms with Gasteiger partial charge in [-0.25, -0.2) is 9.48 Å². The third-order valence-electron chi connectivity index (χ3n) is 5.19. The van der Waals surface area contributed by atoms with Crippen molar-refractivity contribution in [2.24, 2.45) is 0 Å². The average molecular weight is 448 g/mol. The zero-order chi connectivity index (χ0) is 18.4. The summed E-state index contributed by atoms with van der Waals surface area (Å²) < 4.78 is 14.6. The van der Waals surface area contributed by atoms with Crippen LogP contribution in [0.5, 0.6) is 11.5 Å². The number of thioether (sulfide) groups is 1. The van der Waals surface area contributed by atoms with Crippen LogP contribution in [0.1, 0.15) is 12.0 Å². The quantitative estimate of drug-likeness (QED) is 0.714. The van der Waals surface area contributed by atoms with E-state index in [1.54, 1.807) is 0 Å². The van der Waals surface area contributed by atoms with Gasteiger partial charge in [0.15, 0.2) is 18.0 Å². The van der Waals surface area contributed by atoms with E-state index in [0.29, 0.717) is 25.5 Å². The van der Waals surface area contributed by atoms with Gasteiger partial charge in [0.05, 0.1) is 6.54 Å². The first-order chi connectivity index (χ1) is 13.1. The second-order valence-corrected chi connectivity index (χ2v) is 8.85. The molecule has 7 heteroatoms. The Kier molecular flexibility index (Phi) is 4.33. The van der Waals surface area contributed by atoms with E-state index >= 15 is 0 Å². The van der Waals surface area contributed by atoms with E-state index in [9.17, 15) is 5.11 Å². The number of halogens is 1. The van der Waals surface area contributed by atoms with Gasteiger partial charge in [-0.2, -0.15) is 0 Å². The minimum atomic E-state index is -1.09. The lowest BCUT2D eigenvalue weighted by Crippen LogP contribution is -2.41. The van der Waals surface area contributed by atoms with Crippen LogP contribution in [0, 0.1) is 0 Å². The molecule has 1 N–H and O–H groups in total. The average Bonchev–Trinajstić information content (AvgIpc) is 3.03. The Labute approximate surface area is 170 Å². The molecule has 1 atom stereocenters. The van der Waals surface area contributed by atoms with Crippen LogP contribution in [-0.4, -0.2) is 46.9 Å². The summed E-state index contributed by atoms with van der Waals surface area (Å²) in [4.78, 5) is 2.22. The van der Waals surface area contributed by atoms with Gasteiger partial charge in [-0.3, -0.25) is 0 Å². The van der Waals surface area contributed by atoms with Gasteiger partial charge in [-0.05, 0) is 60.6 Å². The summed E-state index contributed by atoms with van der Waals surface area (Å²) >= 11 is 5.31. The van der Waals surface area contributed by atoms with Gasteiger partial charge in [-0.1, -0.05) is 15.9 Å². The van der Waals surface area contributed by atoms with Crippen molar-refractivity contribution < 1.29 is 19.2 Å². The monoisotopic (exact) mass is 447 g/mol. The molecule has 0 fully saturated rings. The van der Waals surface area contributed by atoms with Gasteiger partial charge in [0.2, 0.25) is 0 Å². The molecule has 2 aromatic rings. The number of hydrogen-bond acceptors (Lipinski definition) is 5. The molecule has 0 bridgehead atoms. The molecule has 0 spiro atoms. The molecule has 2 aromatic carbocycles. The minimum absolute atomic E-state index is 0.483. The highest BCUT2D eigenvalue weighted by atomic mass is 79.9. The van der Waals surface area contributed by atoms with Crippen LogP contribution < -0.4 is 14.4 Å². The van der Waals surface area contributed by atoms with Crippen molar-refractivity contribution in [3.05, 3.63) is 52.5 Å². The number of ether oxygens (including phenoxy) is 2. The molecule has 3 aliphatic heterocycles. The van der Waals surface area contributed by atoms with Crippen LogP contribution in [0.4, 0.5) is 5.69 Å². The Balaban J connectivity index is 1.57. The van der Waals surface area contributed by atoms with Gasteiger partial charge >= 0.3 is 5.17 Å². The van der Waals surface area contributed by atoms with Crippen LogP contribution in [-0.2, 0) is 5.72 Å². The Morgan fingerprint density at radius 3 is 2.67 bits per heavy atom. The smallest absolute Gasteiger partial charge is 0.316 e. The molecule has 0 unspecified atom stereocenters. The standard InChI is InChI=1S/C20H20BrN2O3S/c21-15-3-5-16(6-4-15)22-13-20(24,23-8-1-11-27-19(22)23)14-2-7-17-18(12-14)26-10-9-25-17/h2-7,12,24H,1,8-11,13H2/q+1/t20-/m0/s1. The molecule has 27 heavy (non-hydrogen) atoms. The van der Waals surface area contributed by atoms with Crippen molar-refractivity contribution in [3.8, 4) is 11.5 Å². The molecule has 0 radical (unpaired) electrons. The Morgan fingerprint density at radius 1 is 1.07 bits per heavy atom. The van der Waals surface area contributed by atoms with Crippen LogP contribution in [0.25, 0.3) is 0 Å². The number of anilines is 1. The van der Waals surface area contributed by atoms with Gasteiger partial charge in [0.1, 0.15) is 18.9 Å². The molecule has 0 saturated carbocycles. The maximum Gasteiger partial charge on any atom is 0.316 e. The second-order valence-electron chi connectivity index (χ2n) is 6.87. The van der Waals surface area contributed by atoms with Crippen LogP contribution >= 0.6 is 27.7 Å². The van der Waals surface area contributed by atoms with Gasteiger partial charge in [-0.15, -0.1) is 0 Å². The maximum atomic E-state index is 11.8. The first-order valence-electron chi connectivity index (χ1n) is 9.08. The summed E-state index contributed by atoms with van der Waals surface area (Å²) in [6.45, 7) is 2.42. The van der Waals surface area contributed by atoms with Crippen molar-refractivity contribution in [1.29, 1.82) is 0 Å². The number of benzene rings is 2. The third kappa shape index (κ3) is 2.92. The first kappa shape index (κ1) is 17.4. The Hall–Kier alpha value is -1.70. The number of hydrogen-bond donors (Lipinski definition) is 1. The minimum Gasteiger partial charge on any atom is -0.486 e. The topological polar surface area (TPSA) is 44.9 Å². The van der Waals surface area contributed by atoms with Crippen molar-refractivity contribution in [2.45, 2.75) is 12.1 Å². The molecular weight excluding hydrogens is 428 g/mol. The molecule has 0 amide bonds. The maximum absolute atomic E-state index is 11.8. The molecule has 0 aromatic heterocycles. The molecule has 5 nitrogen and oxygen atoms in total. The number of rotatable bonds is 2. The van der Waals surface area contributed by atoms with E-state index in [0.717, 1.165) is 45.4 Å². The van der Waals surface area contributed by atoms with Gasteiger partial charge in [0.25, 0.3) is 5.72 Å². The van der Waals surface area contributed by atoms with E-state index in [1.807, 2.05) is 42.1 Å². The fourth-order valence-corrected chi connectivity index (χ4v) is 5.31. The zero-order valence-electron chi connectivity index (χ0n) is 14.7. The van der Waals surface area contributed by atoms with Crippen molar-refractivity contribution >= 4 is 38.5 Å². The number of nitrogens with zero attached hydrogens (tertiary/aromatic N) is 2. The molecule has 3 heterocycles. The van der Waals surface area contributed by atoms with Crippen molar-refractivity contribution in [3.63, 3.8) is 0 Å². The van der Waals surface area contributed by atoms with Crippen molar-refractivity contribution in [1.82, 2.24) is 0 Å². The van der Waals surface area contributed by atoms with E-state index in [4.69, 9.17) is 9.47 Å². The second kappa shape index (κ2) is 6.72. The lowest BCUT2D eigenvalue weighted by atomic mass is 10.0. The van der Waals surface area contributed by atoms with E-state index < -0.39 is 5.72 Å². The highest BCUT2D eigenvalue weighted by Crippen LogP contribution is 2.41. The number of amidine groups is 1. The highest BCUT2D eigenvalue weighted by molar-refractivity contribution is 9.10. The summed E-state index contributed by atoms with van der Waals surface area (Å²) in [5, 5.41) is 12.9. The molecular formula is C20H20BrN2O3S+. The van der Waals surface area contributed by atoms with Gasteiger partial charge in [0, 0.05) is 15.8 Å². The van der Waals surface area contributed by atoms with Gasteiger partial charge < -0.3 is 14.6 Å². The summed E-state index contributed by atoms with van der Waals surface area (Å²) in [6.07, 6.45) is 1.05. The Morgan fingerprint density at radius 2 is 1.85 bits per heavy atom. The third-order valence-corrected chi connectivity index (χ3v) is 6.91. The first-order valence-corrected chi connectivity index (χ1v) is 10.9. The number of fused-ring (bicyclic) bond motifs is 1. The highest BCUT2D eigenvalue weighted by Gasteiger charge is 2.53. The normalized spacial score (nSPS) is 24.1. The van der Waals surface area contributed by atoms with E-state index in [-0.39, 0.29) is 0 Å². The SMILES string of the molecule is O[C@]1(c2ccc3c(c2)OCCO3)CN(c2ccc(Br)cc2)C2=[N+]1CCCS2. The zero-order valence-corrected chi connectivity index (χ0v) is 17.1. The predicted molar refractivity (Wildman–Crippen MR) is 110 cm³/mol. The summed E-state index contributed by atoms with van der Waals surface area (Å²) in [7, 11) is 0. The lowest BCUT2D eigenvalue weighted by molar-refractivity contribution is -0.656. The molecule has 0 saturated heterocycles. The molecule has 3 aliphatic rings. The summed E-state index contributed by atoms with van der Waals surface area (Å²) in [6, 6.07) is 14.0. The fraction of sp³-hybridized carbons (Fsp3) is 0.350. The van der Waals surface area contributed by atoms with Crippen LogP contribution in [0.2, 0.25) is 0 Å². The molecule has 0 aliphatic carbocycles. The predicted octanol–water partition coefficient (Wildman–Crippen LogP) is 3.39. The molecule has 140 valence electrons. The number of aliphatic hydroxyl groups is 1. The summed E-state index contributed by atoms with van der Waals surface area (Å²) in [5.74, 6) is 2.52. The Bertz CT molecular complexity index is 918. The molecule has 5 rings (SSSR count). The van der Waals surface area contributed by atoms with E-state index in [1.165, 1.54) is 0 Å². The largest absolute Gasteiger partial charge is 0.486 e. The fourth-order valence-electron chi connectivity index (χ4n) is 3.86. The summed E-state index contributed by atoms with van der Waals surface area (Å²) in [5.41, 5.74) is 0.832. The lowest BCUT2D eigenvalue weighted by Gasteiger charge is -2.26. The van der Waals surface area contributed by atoms with Crippen molar-refractivity contribution in [2.75, 3.05) is 37.0 Å². The van der Waals surface area contributed by atoms with E-state index in [2.05, 4.69) is 37.5 Å². The number of β-amino-alcohol motifs (C(OH)–C–C–N with tert-alkyl or cyclic N) is 1. The van der Waals surface area contributed by atoms with Crippen LogP contribution in [0.3, 0.4) is 0 Å².